The van der Waals surface area contributed by atoms with Crippen molar-refractivity contribution in [2.24, 2.45) is 0 Å². The van der Waals surface area contributed by atoms with Gasteiger partial charge in [0.25, 0.3) is 0 Å². The Morgan fingerprint density at radius 3 is 2.62 bits per heavy atom. The van der Waals surface area contributed by atoms with E-state index in [0.29, 0.717) is 36.9 Å². The number of hydrogen-bond acceptors (Lipinski definition) is 8. The van der Waals surface area contributed by atoms with Gasteiger partial charge in [-0.05, 0) is 0 Å². The van der Waals surface area contributed by atoms with Crippen molar-refractivity contribution in [1.29, 1.82) is 0 Å². The zero-order valence-corrected chi connectivity index (χ0v) is 12.2. The van der Waals surface area contributed by atoms with Crippen molar-refractivity contribution in [2.45, 2.75) is 26.3 Å². The van der Waals surface area contributed by atoms with Gasteiger partial charge in [0.15, 0.2) is 5.69 Å². The quantitative estimate of drug-likeness (QED) is 0.669. The standard InChI is InChI=1S/C12H17N5O4/c1-4-9-13-14-10(21-9)7-17-8(5-6-19-2)11(15-16-17)12(18)20-3/h4-7H2,1-3H3. The molecule has 0 aliphatic rings. The Labute approximate surface area is 121 Å². The lowest BCUT2D eigenvalue weighted by atomic mass is 10.2. The van der Waals surface area contributed by atoms with Crippen LogP contribution in [0.15, 0.2) is 4.42 Å². The molecule has 2 aromatic rings. The molecule has 0 N–H and O–H groups in total. The monoisotopic (exact) mass is 295 g/mol. The highest BCUT2D eigenvalue weighted by Gasteiger charge is 2.21. The van der Waals surface area contributed by atoms with Gasteiger partial charge in [-0.1, -0.05) is 12.1 Å². The maximum atomic E-state index is 11.7. The molecular weight excluding hydrogens is 278 g/mol. The predicted octanol–water partition coefficient (Wildman–Crippen LogP) is 0.247. The summed E-state index contributed by atoms with van der Waals surface area (Å²) in [7, 11) is 2.88. The first-order chi connectivity index (χ1) is 10.2. The highest BCUT2D eigenvalue weighted by Crippen LogP contribution is 2.11. The Kier molecular flexibility index (Phi) is 4.99. The molecule has 2 rings (SSSR count). The van der Waals surface area contributed by atoms with Crippen molar-refractivity contribution in [3.63, 3.8) is 0 Å². The minimum Gasteiger partial charge on any atom is -0.464 e. The van der Waals surface area contributed by atoms with E-state index >= 15 is 0 Å². The van der Waals surface area contributed by atoms with E-state index in [1.54, 1.807) is 7.11 Å². The van der Waals surface area contributed by atoms with Gasteiger partial charge in [0, 0.05) is 20.0 Å². The van der Waals surface area contributed by atoms with Crippen molar-refractivity contribution in [1.82, 2.24) is 25.2 Å². The number of hydrogen-bond donors (Lipinski definition) is 0. The van der Waals surface area contributed by atoms with Crippen molar-refractivity contribution in [2.75, 3.05) is 20.8 Å². The number of carbonyl (C=O) groups excluding carboxylic acids is 1. The van der Waals surface area contributed by atoms with E-state index in [1.807, 2.05) is 6.92 Å². The molecule has 0 unspecified atom stereocenters. The maximum Gasteiger partial charge on any atom is 0.360 e. The second-order valence-corrected chi connectivity index (χ2v) is 4.22. The van der Waals surface area contributed by atoms with Gasteiger partial charge in [-0.15, -0.1) is 15.3 Å². The molecule has 0 saturated heterocycles. The van der Waals surface area contributed by atoms with Crippen LogP contribution in [0.2, 0.25) is 0 Å². The van der Waals surface area contributed by atoms with Gasteiger partial charge in [0.05, 0.1) is 19.4 Å². The molecule has 9 heteroatoms. The zero-order valence-electron chi connectivity index (χ0n) is 12.2. The Morgan fingerprint density at radius 1 is 1.24 bits per heavy atom. The van der Waals surface area contributed by atoms with Crippen LogP contribution in [0.5, 0.6) is 0 Å². The van der Waals surface area contributed by atoms with Crippen molar-refractivity contribution < 1.29 is 18.7 Å². The van der Waals surface area contributed by atoms with E-state index < -0.39 is 5.97 Å². The number of esters is 1. The van der Waals surface area contributed by atoms with Gasteiger partial charge in [-0.2, -0.15) is 0 Å². The normalized spacial score (nSPS) is 10.8. The Balaban J connectivity index is 2.25. The van der Waals surface area contributed by atoms with Crippen molar-refractivity contribution in [3.05, 3.63) is 23.2 Å². The summed E-state index contributed by atoms with van der Waals surface area (Å²) in [6.45, 7) is 2.60. The summed E-state index contributed by atoms with van der Waals surface area (Å²) in [5.74, 6) is 0.427. The van der Waals surface area contributed by atoms with E-state index in [9.17, 15) is 4.79 Å². The van der Waals surface area contributed by atoms with Crippen LogP contribution in [0.4, 0.5) is 0 Å². The number of nitrogens with zero attached hydrogens (tertiary/aromatic N) is 5. The summed E-state index contributed by atoms with van der Waals surface area (Å²) in [5.41, 5.74) is 0.782. The van der Waals surface area contributed by atoms with E-state index in [0.717, 1.165) is 0 Å². The summed E-state index contributed by atoms with van der Waals surface area (Å²) in [5, 5.41) is 15.6. The zero-order chi connectivity index (χ0) is 15.2. The molecule has 0 aliphatic heterocycles. The fraction of sp³-hybridized carbons (Fsp3) is 0.583. The third kappa shape index (κ3) is 3.43. The SMILES string of the molecule is CCc1nnc(Cn2nnc(C(=O)OC)c2CCOC)o1. The van der Waals surface area contributed by atoms with Gasteiger partial charge in [-0.3, -0.25) is 0 Å². The number of rotatable bonds is 7. The van der Waals surface area contributed by atoms with Crippen LogP contribution in [-0.2, 0) is 28.9 Å². The Hall–Kier alpha value is -2.29. The first-order valence-electron chi connectivity index (χ1n) is 6.50. The Bertz CT molecular complexity index is 607. The van der Waals surface area contributed by atoms with Crippen LogP contribution < -0.4 is 0 Å². The number of methoxy groups -OCH3 is 2. The van der Waals surface area contributed by atoms with Crippen molar-refractivity contribution >= 4 is 5.97 Å². The highest BCUT2D eigenvalue weighted by molar-refractivity contribution is 5.88. The van der Waals surface area contributed by atoms with Crippen LogP contribution in [0, 0.1) is 0 Å². The van der Waals surface area contributed by atoms with E-state index in [1.165, 1.54) is 11.8 Å². The lowest BCUT2D eigenvalue weighted by molar-refractivity contribution is 0.0592. The third-order valence-corrected chi connectivity index (χ3v) is 2.86. The van der Waals surface area contributed by atoms with Crippen LogP contribution in [-0.4, -0.2) is 52.0 Å². The molecule has 114 valence electrons. The molecule has 0 aromatic carbocycles. The molecule has 0 aliphatic carbocycles. The van der Waals surface area contributed by atoms with Gasteiger partial charge in [0.2, 0.25) is 11.8 Å². The predicted molar refractivity (Wildman–Crippen MR) is 69.7 cm³/mol. The molecule has 0 saturated carbocycles. The Morgan fingerprint density at radius 2 is 2.00 bits per heavy atom. The van der Waals surface area contributed by atoms with Crippen molar-refractivity contribution in [3.8, 4) is 0 Å². The molecule has 0 fully saturated rings. The van der Waals surface area contributed by atoms with Crippen LogP contribution >= 0.6 is 0 Å². The smallest absolute Gasteiger partial charge is 0.360 e. The minimum atomic E-state index is -0.535. The second-order valence-electron chi connectivity index (χ2n) is 4.22. The average Bonchev–Trinajstić information content (AvgIpc) is 3.11. The average molecular weight is 295 g/mol. The molecule has 9 nitrogen and oxygen atoms in total. The topological polar surface area (TPSA) is 105 Å². The van der Waals surface area contributed by atoms with Gasteiger partial charge in [0.1, 0.15) is 6.54 Å². The van der Waals surface area contributed by atoms with Crippen LogP contribution in [0.1, 0.15) is 34.9 Å². The molecule has 0 amide bonds. The number of aryl methyl sites for hydroxylation is 1. The molecule has 21 heavy (non-hydrogen) atoms. The lowest BCUT2D eigenvalue weighted by Gasteiger charge is -2.05. The molecule has 2 aromatic heterocycles. The van der Waals surface area contributed by atoms with Crippen LogP contribution in [0.3, 0.4) is 0 Å². The molecular formula is C12H17N5O4. The minimum absolute atomic E-state index is 0.171. The summed E-state index contributed by atoms with van der Waals surface area (Å²) in [6.07, 6.45) is 1.14. The summed E-state index contributed by atoms with van der Waals surface area (Å²) < 4.78 is 16.7. The first-order valence-corrected chi connectivity index (χ1v) is 6.50. The van der Waals surface area contributed by atoms with Gasteiger partial charge in [-0.25, -0.2) is 9.48 Å². The third-order valence-electron chi connectivity index (χ3n) is 2.86. The summed E-state index contributed by atoms with van der Waals surface area (Å²) in [4.78, 5) is 11.7. The van der Waals surface area contributed by atoms with E-state index in [4.69, 9.17) is 13.9 Å². The summed E-state index contributed by atoms with van der Waals surface area (Å²) in [6, 6.07) is 0. The molecule has 0 bridgehead atoms. The van der Waals surface area contributed by atoms with E-state index in [2.05, 4.69) is 20.5 Å². The molecule has 2 heterocycles. The molecule has 0 radical (unpaired) electrons. The number of aromatic nitrogens is 5. The lowest BCUT2D eigenvalue weighted by Crippen LogP contribution is -2.12. The summed E-state index contributed by atoms with van der Waals surface area (Å²) >= 11 is 0. The first kappa shape index (κ1) is 15.1. The van der Waals surface area contributed by atoms with Crippen LogP contribution in [0.25, 0.3) is 0 Å². The molecule has 0 atom stereocenters. The van der Waals surface area contributed by atoms with Gasteiger partial charge >= 0.3 is 5.97 Å². The van der Waals surface area contributed by atoms with Gasteiger partial charge < -0.3 is 13.9 Å². The fourth-order valence-electron chi connectivity index (χ4n) is 1.78. The molecule has 0 spiro atoms. The largest absolute Gasteiger partial charge is 0.464 e. The maximum absolute atomic E-state index is 11.7. The number of ether oxygens (including phenoxy) is 2. The highest BCUT2D eigenvalue weighted by atomic mass is 16.5. The second kappa shape index (κ2) is 6.93. The number of carbonyl (C=O) groups is 1. The fourth-order valence-corrected chi connectivity index (χ4v) is 1.78. The van der Waals surface area contributed by atoms with E-state index in [-0.39, 0.29) is 12.2 Å².